The highest BCUT2D eigenvalue weighted by Crippen LogP contribution is 2.49. The molecule has 4 unspecified atom stereocenters. The van der Waals surface area contributed by atoms with Gasteiger partial charge in [0.05, 0.1) is 23.2 Å². The van der Waals surface area contributed by atoms with Gasteiger partial charge in [-0.15, -0.1) is 0 Å². The topological polar surface area (TPSA) is 127 Å². The first-order valence-electron chi connectivity index (χ1n) is 12.1. The van der Waals surface area contributed by atoms with Gasteiger partial charge in [0, 0.05) is 23.2 Å². The lowest BCUT2D eigenvalue weighted by Crippen LogP contribution is -2.35. The quantitative estimate of drug-likeness (QED) is 0.373. The molecular weight excluding hydrogens is 516 g/mol. The zero-order valence-corrected chi connectivity index (χ0v) is 21.0. The summed E-state index contributed by atoms with van der Waals surface area (Å²) in [5.41, 5.74) is 1.01. The van der Waals surface area contributed by atoms with E-state index in [1.54, 1.807) is 12.1 Å². The van der Waals surface area contributed by atoms with Crippen LogP contribution in [0.3, 0.4) is 0 Å². The fraction of sp³-hybridized carbons (Fsp3) is 0.308. The molecule has 0 spiro atoms. The van der Waals surface area contributed by atoms with E-state index in [0.29, 0.717) is 12.8 Å². The number of halogens is 2. The minimum atomic E-state index is -4.11. The predicted octanol–water partition coefficient (Wildman–Crippen LogP) is 4.23. The first-order valence-corrected chi connectivity index (χ1v) is 13.6. The average Bonchev–Trinajstić information content (AvgIpc) is 3.58. The highest BCUT2D eigenvalue weighted by molar-refractivity contribution is 7.90. The number of benzene rings is 1. The van der Waals surface area contributed by atoms with Crippen LogP contribution >= 0.6 is 0 Å². The fourth-order valence-electron chi connectivity index (χ4n) is 5.81. The molecule has 38 heavy (non-hydrogen) atoms. The highest BCUT2D eigenvalue weighted by Gasteiger charge is 2.49. The summed E-state index contributed by atoms with van der Waals surface area (Å²) in [5.74, 6) is -2.81. The Bertz CT molecular complexity index is 1690. The van der Waals surface area contributed by atoms with Crippen LogP contribution < -0.4 is 5.32 Å². The van der Waals surface area contributed by atoms with Gasteiger partial charge < -0.3 is 10.4 Å². The number of hydrogen-bond donors (Lipinski definition) is 2. The smallest absolute Gasteiger partial charge is 0.306 e. The summed E-state index contributed by atoms with van der Waals surface area (Å²) in [5, 5.41) is 12.7. The predicted molar refractivity (Wildman–Crippen MR) is 134 cm³/mol. The second kappa shape index (κ2) is 8.83. The van der Waals surface area contributed by atoms with Crippen molar-refractivity contribution >= 4 is 32.8 Å². The first kappa shape index (κ1) is 24.4. The van der Waals surface area contributed by atoms with Crippen LogP contribution in [0.5, 0.6) is 0 Å². The Morgan fingerprint density at radius 3 is 2.58 bits per heavy atom. The van der Waals surface area contributed by atoms with Crippen molar-refractivity contribution in [2.75, 3.05) is 5.32 Å². The second-order valence-corrected chi connectivity index (χ2v) is 11.8. The van der Waals surface area contributed by atoms with E-state index >= 15 is 0 Å². The van der Waals surface area contributed by atoms with Crippen molar-refractivity contribution in [2.24, 2.45) is 17.8 Å². The number of nitrogens with one attached hydrogen (secondary N) is 1. The van der Waals surface area contributed by atoms with E-state index < -0.39 is 33.5 Å². The maximum Gasteiger partial charge on any atom is 0.306 e. The number of aromatic nitrogens is 4. The van der Waals surface area contributed by atoms with Crippen LogP contribution in [-0.2, 0) is 14.8 Å². The van der Waals surface area contributed by atoms with E-state index in [0.717, 1.165) is 34.4 Å². The van der Waals surface area contributed by atoms with Crippen LogP contribution in [0.15, 0.2) is 53.8 Å². The number of hydrogen-bond acceptors (Lipinski definition) is 7. The molecule has 2 aliphatic carbocycles. The van der Waals surface area contributed by atoms with Gasteiger partial charge in [-0.25, -0.2) is 36.1 Å². The normalized spacial score (nSPS) is 22.7. The van der Waals surface area contributed by atoms with Gasteiger partial charge in [0.15, 0.2) is 23.1 Å². The Kier molecular flexibility index (Phi) is 5.67. The Labute approximate surface area is 216 Å². The van der Waals surface area contributed by atoms with Crippen LogP contribution in [0.4, 0.5) is 14.6 Å². The molecule has 2 bridgehead atoms. The van der Waals surface area contributed by atoms with Crippen LogP contribution in [0, 0.1) is 36.3 Å². The molecule has 4 atom stereocenters. The molecule has 0 radical (unpaired) electrons. The molecule has 3 heterocycles. The fourth-order valence-corrected chi connectivity index (χ4v) is 7.14. The third-order valence-electron chi connectivity index (χ3n) is 7.59. The van der Waals surface area contributed by atoms with E-state index in [-0.39, 0.29) is 51.0 Å². The summed E-state index contributed by atoms with van der Waals surface area (Å²) < 4.78 is 56.9. The number of carboxylic acid groups (broad SMARTS) is 1. The second-order valence-electron chi connectivity index (χ2n) is 10.0. The number of pyridine rings is 1. The molecule has 196 valence electrons. The SMILES string of the molecule is Cc1ccc(S(=O)(=O)n2cc(-c3ncc(F)c(NC4CC5CC(C(=O)O)C4C5)n3)c3cc(F)cnc32)cc1. The monoisotopic (exact) mass is 539 g/mol. The van der Waals surface area contributed by atoms with Crippen LogP contribution in [-0.4, -0.2) is 44.5 Å². The molecule has 0 amide bonds. The number of carboxylic acids is 1. The lowest BCUT2D eigenvalue weighted by molar-refractivity contribution is -0.143. The van der Waals surface area contributed by atoms with Gasteiger partial charge in [0.2, 0.25) is 0 Å². The Morgan fingerprint density at radius 2 is 1.87 bits per heavy atom. The lowest BCUT2D eigenvalue weighted by atomic mass is 9.85. The summed E-state index contributed by atoms with van der Waals surface area (Å²) >= 11 is 0. The van der Waals surface area contributed by atoms with E-state index in [2.05, 4.69) is 20.3 Å². The molecular formula is C26H23F2N5O4S. The number of aliphatic carboxylic acids is 1. The zero-order chi connectivity index (χ0) is 26.8. The van der Waals surface area contributed by atoms with Crippen molar-refractivity contribution in [3.8, 4) is 11.4 Å². The largest absolute Gasteiger partial charge is 0.481 e. The van der Waals surface area contributed by atoms with Crippen molar-refractivity contribution < 1.29 is 27.1 Å². The first-order chi connectivity index (χ1) is 18.1. The summed E-state index contributed by atoms with van der Waals surface area (Å²) in [6.45, 7) is 1.83. The molecule has 9 nitrogen and oxygen atoms in total. The van der Waals surface area contributed by atoms with Gasteiger partial charge in [-0.3, -0.25) is 4.79 Å². The van der Waals surface area contributed by atoms with Crippen molar-refractivity contribution in [1.29, 1.82) is 0 Å². The molecule has 0 aliphatic heterocycles. The summed E-state index contributed by atoms with van der Waals surface area (Å²) in [4.78, 5) is 24.0. The molecule has 3 aromatic heterocycles. The molecule has 6 rings (SSSR count). The molecule has 1 aromatic carbocycles. The van der Waals surface area contributed by atoms with Crippen molar-refractivity contribution in [3.63, 3.8) is 0 Å². The summed E-state index contributed by atoms with van der Waals surface area (Å²) in [7, 11) is -4.11. The number of anilines is 1. The molecule has 4 aromatic rings. The van der Waals surface area contributed by atoms with Gasteiger partial charge >= 0.3 is 5.97 Å². The van der Waals surface area contributed by atoms with Crippen molar-refractivity contribution in [1.82, 2.24) is 18.9 Å². The highest BCUT2D eigenvalue weighted by atomic mass is 32.2. The summed E-state index contributed by atoms with van der Waals surface area (Å²) in [6.07, 6.45) is 5.20. The molecule has 12 heteroatoms. The Balaban J connectivity index is 1.42. The number of nitrogens with zero attached hydrogens (tertiary/aromatic N) is 4. The molecule has 0 saturated heterocycles. The summed E-state index contributed by atoms with van der Waals surface area (Å²) in [6, 6.07) is 7.13. The van der Waals surface area contributed by atoms with Crippen molar-refractivity contribution in [3.05, 3.63) is 66.1 Å². The van der Waals surface area contributed by atoms with E-state index in [4.69, 9.17) is 0 Å². The van der Waals surface area contributed by atoms with Gasteiger partial charge in [-0.2, -0.15) is 0 Å². The minimum Gasteiger partial charge on any atom is -0.481 e. The standard InChI is InChI=1S/C26H23F2N5O4S/c1-13-2-4-16(5-3-13)38(36,37)33-12-20(18-9-15(27)10-30-25(18)33)23-29-11-21(28)24(32-23)31-22-8-14-6-17(22)19(7-14)26(34)35/h2-5,9-12,14,17,19,22H,6-8H2,1H3,(H,34,35)(H,29,31,32). The molecule has 2 N–H and O–H groups in total. The van der Waals surface area contributed by atoms with E-state index in [9.17, 15) is 27.1 Å². The molecule has 2 aliphatic rings. The van der Waals surface area contributed by atoms with Gasteiger partial charge in [0.1, 0.15) is 5.82 Å². The number of carbonyl (C=O) groups is 1. The van der Waals surface area contributed by atoms with E-state index in [1.807, 2.05) is 6.92 Å². The maximum absolute atomic E-state index is 14.8. The Hall–Kier alpha value is -3.93. The van der Waals surface area contributed by atoms with Gasteiger partial charge in [0.25, 0.3) is 10.0 Å². The third-order valence-corrected chi connectivity index (χ3v) is 9.26. The van der Waals surface area contributed by atoms with Gasteiger partial charge in [-0.05, 0) is 56.2 Å². The number of rotatable bonds is 6. The molecule has 2 saturated carbocycles. The van der Waals surface area contributed by atoms with Crippen LogP contribution in [0.25, 0.3) is 22.4 Å². The maximum atomic E-state index is 14.8. The zero-order valence-electron chi connectivity index (χ0n) is 20.2. The van der Waals surface area contributed by atoms with Gasteiger partial charge in [-0.1, -0.05) is 17.7 Å². The van der Waals surface area contributed by atoms with Crippen LogP contribution in [0.1, 0.15) is 24.8 Å². The Morgan fingerprint density at radius 1 is 1.11 bits per heavy atom. The number of fused-ring (bicyclic) bond motifs is 3. The lowest BCUT2D eigenvalue weighted by Gasteiger charge is -2.28. The third kappa shape index (κ3) is 3.99. The van der Waals surface area contributed by atoms with E-state index in [1.165, 1.54) is 18.3 Å². The number of aryl methyl sites for hydroxylation is 1. The van der Waals surface area contributed by atoms with Crippen molar-refractivity contribution in [2.45, 2.75) is 37.1 Å². The average molecular weight is 540 g/mol. The minimum absolute atomic E-state index is 0.0179. The molecule has 2 fully saturated rings. The van der Waals surface area contributed by atoms with Crippen LogP contribution in [0.2, 0.25) is 0 Å².